The number of hydrogen-bond acceptors (Lipinski definition) is 4. The molecule has 2 aromatic carbocycles. The number of aryl methyl sites for hydroxylation is 1. The summed E-state index contributed by atoms with van der Waals surface area (Å²) in [6.45, 7) is 5.03. The lowest BCUT2D eigenvalue weighted by Gasteiger charge is -2.12. The van der Waals surface area contributed by atoms with Crippen LogP contribution in [0, 0.1) is 12.8 Å². The topological polar surface area (TPSA) is 84.2 Å². The maximum absolute atomic E-state index is 12.4. The number of amides is 2. The van der Waals surface area contributed by atoms with Crippen LogP contribution in [0.5, 0.6) is 0 Å². The van der Waals surface area contributed by atoms with Crippen molar-refractivity contribution in [3.05, 3.63) is 59.7 Å². The predicted molar refractivity (Wildman–Crippen MR) is 108 cm³/mol. The largest absolute Gasteiger partial charge is 0.352 e. The highest BCUT2D eigenvalue weighted by atomic mass is 32.2. The molecular weight excluding hydrogens is 346 g/mol. The minimum absolute atomic E-state index is 0.106. The Bertz CT molecular complexity index is 747. The van der Waals surface area contributed by atoms with Gasteiger partial charge in [0.15, 0.2) is 0 Å². The van der Waals surface area contributed by atoms with Gasteiger partial charge in [-0.2, -0.15) is 0 Å². The van der Waals surface area contributed by atoms with Crippen LogP contribution in [0.2, 0.25) is 0 Å². The van der Waals surface area contributed by atoms with E-state index in [1.54, 1.807) is 6.07 Å². The van der Waals surface area contributed by atoms with Gasteiger partial charge in [-0.3, -0.25) is 9.59 Å². The Morgan fingerprint density at radius 3 is 2.50 bits per heavy atom. The monoisotopic (exact) mass is 371 g/mol. The van der Waals surface area contributed by atoms with Gasteiger partial charge in [0.05, 0.1) is 11.3 Å². The number of carbonyl (C=O) groups excluding carboxylic acids is 2. The van der Waals surface area contributed by atoms with Gasteiger partial charge in [-0.25, -0.2) is 0 Å². The Labute approximate surface area is 158 Å². The summed E-state index contributed by atoms with van der Waals surface area (Å²) in [5, 5.41) is 5.75. The molecule has 0 fully saturated rings. The molecule has 26 heavy (non-hydrogen) atoms. The quantitative estimate of drug-likeness (QED) is 0.623. The van der Waals surface area contributed by atoms with Crippen molar-refractivity contribution in [1.29, 1.82) is 0 Å². The number of rotatable bonds is 8. The lowest BCUT2D eigenvalue weighted by atomic mass is 10.1. The second-order valence-corrected chi connectivity index (χ2v) is 7.27. The first kappa shape index (κ1) is 20.0. The zero-order chi connectivity index (χ0) is 18.9. The molecule has 138 valence electrons. The Balaban J connectivity index is 1.93. The van der Waals surface area contributed by atoms with Crippen LogP contribution in [-0.2, 0) is 4.79 Å². The molecule has 0 radical (unpaired) electrons. The summed E-state index contributed by atoms with van der Waals surface area (Å²) in [5.41, 5.74) is 8.06. The number of anilines is 1. The normalized spacial score (nSPS) is 11.7. The van der Waals surface area contributed by atoms with Crippen molar-refractivity contribution in [2.24, 2.45) is 11.7 Å². The van der Waals surface area contributed by atoms with Crippen LogP contribution in [0.3, 0.4) is 0 Å². The first-order valence-electron chi connectivity index (χ1n) is 8.56. The summed E-state index contributed by atoms with van der Waals surface area (Å²) in [6.07, 6.45) is 0. The third-order valence-electron chi connectivity index (χ3n) is 3.84. The average molecular weight is 372 g/mol. The van der Waals surface area contributed by atoms with Crippen molar-refractivity contribution in [3.8, 4) is 0 Å². The third kappa shape index (κ3) is 6.20. The fourth-order valence-corrected chi connectivity index (χ4v) is 3.05. The van der Waals surface area contributed by atoms with Crippen molar-refractivity contribution in [1.82, 2.24) is 5.32 Å². The molecule has 0 aliphatic rings. The van der Waals surface area contributed by atoms with E-state index in [2.05, 4.69) is 10.6 Å². The minimum Gasteiger partial charge on any atom is -0.352 e. The van der Waals surface area contributed by atoms with E-state index < -0.39 is 0 Å². The van der Waals surface area contributed by atoms with Gasteiger partial charge in [0, 0.05) is 17.1 Å². The maximum Gasteiger partial charge on any atom is 0.252 e. The number of nitrogens with one attached hydrogen (secondary N) is 2. The molecule has 0 aromatic heterocycles. The molecule has 0 spiro atoms. The Morgan fingerprint density at radius 1 is 1.12 bits per heavy atom. The highest BCUT2D eigenvalue weighted by molar-refractivity contribution is 8.00. The molecule has 0 bridgehead atoms. The van der Waals surface area contributed by atoms with Crippen molar-refractivity contribution in [2.45, 2.75) is 18.7 Å². The maximum atomic E-state index is 12.4. The van der Waals surface area contributed by atoms with Gasteiger partial charge in [-0.05, 0) is 43.7 Å². The van der Waals surface area contributed by atoms with Crippen molar-refractivity contribution in [2.75, 3.05) is 24.2 Å². The molecule has 0 aliphatic carbocycles. The molecule has 6 heteroatoms. The van der Waals surface area contributed by atoms with E-state index in [9.17, 15) is 9.59 Å². The van der Waals surface area contributed by atoms with E-state index in [4.69, 9.17) is 5.73 Å². The Hall–Kier alpha value is -2.31. The van der Waals surface area contributed by atoms with Crippen LogP contribution < -0.4 is 16.4 Å². The van der Waals surface area contributed by atoms with Crippen molar-refractivity contribution in [3.63, 3.8) is 0 Å². The smallest absolute Gasteiger partial charge is 0.252 e. The van der Waals surface area contributed by atoms with Gasteiger partial charge >= 0.3 is 0 Å². The van der Waals surface area contributed by atoms with Crippen LogP contribution in [-0.4, -0.2) is 30.7 Å². The van der Waals surface area contributed by atoms with Crippen molar-refractivity contribution < 1.29 is 9.59 Å². The summed E-state index contributed by atoms with van der Waals surface area (Å²) in [7, 11) is 0. The van der Waals surface area contributed by atoms with Crippen LogP contribution >= 0.6 is 11.8 Å². The molecular formula is C20H25N3O2S. The Kier molecular flexibility index (Phi) is 7.69. The number of carbonyl (C=O) groups is 2. The van der Waals surface area contributed by atoms with Crippen LogP contribution in [0.4, 0.5) is 5.69 Å². The minimum atomic E-state index is -0.146. The second-order valence-electron chi connectivity index (χ2n) is 6.25. The number of thioether (sulfide) groups is 1. The molecule has 4 N–H and O–H groups in total. The summed E-state index contributed by atoms with van der Waals surface area (Å²) >= 11 is 1.35. The summed E-state index contributed by atoms with van der Waals surface area (Å²) in [6, 6.07) is 14.9. The second kappa shape index (κ2) is 9.99. The third-order valence-corrected chi connectivity index (χ3v) is 4.91. The summed E-state index contributed by atoms with van der Waals surface area (Å²) in [5.74, 6) is 0.203. The zero-order valence-corrected chi connectivity index (χ0v) is 15.9. The highest BCUT2D eigenvalue weighted by Crippen LogP contribution is 2.23. The lowest BCUT2D eigenvalue weighted by Crippen LogP contribution is -2.31. The highest BCUT2D eigenvalue weighted by Gasteiger charge is 2.13. The van der Waals surface area contributed by atoms with E-state index in [1.807, 2.05) is 56.3 Å². The molecule has 0 saturated heterocycles. The predicted octanol–water partition coefficient (Wildman–Crippen LogP) is 3.05. The van der Waals surface area contributed by atoms with Crippen molar-refractivity contribution >= 4 is 29.3 Å². The molecule has 0 saturated carbocycles. The van der Waals surface area contributed by atoms with E-state index >= 15 is 0 Å². The van der Waals surface area contributed by atoms with Gasteiger partial charge in [0.1, 0.15) is 0 Å². The van der Waals surface area contributed by atoms with E-state index in [0.29, 0.717) is 18.7 Å². The summed E-state index contributed by atoms with van der Waals surface area (Å²) in [4.78, 5) is 25.3. The number of hydrogen-bond donors (Lipinski definition) is 3. The molecule has 5 nitrogen and oxygen atoms in total. The van der Waals surface area contributed by atoms with Crippen LogP contribution in [0.1, 0.15) is 22.8 Å². The van der Waals surface area contributed by atoms with E-state index in [0.717, 1.165) is 16.1 Å². The molecule has 0 aliphatic heterocycles. The van der Waals surface area contributed by atoms with Gasteiger partial charge in [-0.1, -0.05) is 36.8 Å². The van der Waals surface area contributed by atoms with Crippen LogP contribution in [0.25, 0.3) is 0 Å². The lowest BCUT2D eigenvalue weighted by molar-refractivity contribution is -0.113. The molecule has 0 heterocycles. The molecule has 1 unspecified atom stereocenters. The van der Waals surface area contributed by atoms with Gasteiger partial charge in [0.2, 0.25) is 5.91 Å². The fourth-order valence-electron chi connectivity index (χ4n) is 2.20. The fraction of sp³-hybridized carbons (Fsp3) is 0.300. The Morgan fingerprint density at radius 2 is 1.81 bits per heavy atom. The van der Waals surface area contributed by atoms with E-state index in [-0.39, 0.29) is 23.5 Å². The van der Waals surface area contributed by atoms with Gasteiger partial charge in [0.25, 0.3) is 5.91 Å². The molecule has 1 atom stereocenters. The summed E-state index contributed by atoms with van der Waals surface area (Å²) < 4.78 is 0. The van der Waals surface area contributed by atoms with E-state index in [1.165, 1.54) is 11.8 Å². The SMILES string of the molecule is Cc1ccc(NC(=O)CSc2ccccc2C(=O)NCC(C)CN)cc1. The molecule has 2 rings (SSSR count). The average Bonchev–Trinajstić information content (AvgIpc) is 2.66. The number of benzene rings is 2. The number of nitrogens with two attached hydrogens (primary N) is 1. The standard InChI is InChI=1S/C20H25N3O2S/c1-14-7-9-16(10-8-14)23-19(24)13-26-18-6-4-3-5-17(18)20(25)22-12-15(2)11-21/h3-10,15H,11-13,21H2,1-2H3,(H,22,25)(H,23,24). The zero-order valence-electron chi connectivity index (χ0n) is 15.1. The van der Waals surface area contributed by atoms with Crippen LogP contribution in [0.15, 0.2) is 53.4 Å². The van der Waals surface area contributed by atoms with Gasteiger partial charge < -0.3 is 16.4 Å². The first-order valence-corrected chi connectivity index (χ1v) is 9.54. The van der Waals surface area contributed by atoms with Gasteiger partial charge in [-0.15, -0.1) is 11.8 Å². The molecule has 2 amide bonds. The first-order chi connectivity index (χ1) is 12.5. The molecule has 2 aromatic rings.